The van der Waals surface area contributed by atoms with Crippen molar-refractivity contribution in [3.8, 4) is 28.1 Å². The fourth-order valence-corrected chi connectivity index (χ4v) is 6.92. The van der Waals surface area contributed by atoms with Crippen molar-refractivity contribution in [1.82, 2.24) is 35.4 Å². The SMILES string of the molecule is CNCC(=O)N1CCc2c(nc(C(=O)Nc3cccc(-c4ccnc(-c5ccc(CNCC6CCC(=O)N6)c(OC)c5)c4Cl)c3Cl)n2C)C1. The van der Waals surface area contributed by atoms with Gasteiger partial charge in [0.1, 0.15) is 5.75 Å². The number of carbonyl (C=O) groups is 3. The van der Waals surface area contributed by atoms with Crippen molar-refractivity contribution in [2.45, 2.75) is 38.4 Å². The molecular weight excluding hydrogens is 667 g/mol. The molecule has 0 spiro atoms. The standard InChI is InChI=1S/C35H38Cl2N8O4/c1-38-18-30(47)45-14-12-27-26(19-45)42-34(44(27)2)35(48)43-25-6-4-5-23(31(25)36)24-11-13-40-33(32(24)37)20-7-8-21(28(15-20)49-3)16-39-17-22-9-10-29(46)41-22/h4-8,11,13,15,22,38-39H,9-10,12,14,16-19H2,1-3H3,(H,41,46)(H,43,48). The summed E-state index contributed by atoms with van der Waals surface area (Å²) in [7, 11) is 5.15. The van der Waals surface area contributed by atoms with Gasteiger partial charge in [-0.2, -0.15) is 0 Å². The van der Waals surface area contributed by atoms with E-state index in [1.807, 2.05) is 24.3 Å². The lowest BCUT2D eigenvalue weighted by Crippen LogP contribution is -2.40. The molecule has 2 aromatic carbocycles. The number of nitrogens with zero attached hydrogens (tertiary/aromatic N) is 4. The summed E-state index contributed by atoms with van der Waals surface area (Å²) in [6, 6.07) is 13.1. The largest absolute Gasteiger partial charge is 0.496 e. The van der Waals surface area contributed by atoms with Crippen LogP contribution in [0.2, 0.25) is 10.0 Å². The van der Waals surface area contributed by atoms with Gasteiger partial charge in [-0.25, -0.2) is 4.98 Å². The molecule has 2 aromatic heterocycles. The lowest BCUT2D eigenvalue weighted by atomic mass is 10.0. The number of hydrogen-bond donors (Lipinski definition) is 4. The highest BCUT2D eigenvalue weighted by Crippen LogP contribution is 2.41. The van der Waals surface area contributed by atoms with E-state index >= 15 is 0 Å². The predicted octanol–water partition coefficient (Wildman–Crippen LogP) is 4.19. The van der Waals surface area contributed by atoms with Crippen LogP contribution in [-0.4, -0.2) is 77.0 Å². The molecule has 4 N–H and O–H groups in total. The summed E-state index contributed by atoms with van der Waals surface area (Å²) in [5.74, 6) is 0.577. The van der Waals surface area contributed by atoms with Crippen molar-refractivity contribution in [3.05, 3.63) is 81.5 Å². The number of imidazole rings is 1. The molecule has 1 unspecified atom stereocenters. The Kier molecular flexibility index (Phi) is 10.5. The van der Waals surface area contributed by atoms with Gasteiger partial charge in [0, 0.05) is 79.7 Å². The third-order valence-corrected chi connectivity index (χ3v) is 9.71. The molecule has 1 fully saturated rings. The van der Waals surface area contributed by atoms with Crippen molar-refractivity contribution >= 4 is 46.6 Å². The van der Waals surface area contributed by atoms with Crippen LogP contribution in [0.4, 0.5) is 5.69 Å². The summed E-state index contributed by atoms with van der Waals surface area (Å²) >= 11 is 13.9. The summed E-state index contributed by atoms with van der Waals surface area (Å²) in [5, 5.41) is 12.9. The fraction of sp³-hybridized carbons (Fsp3) is 0.343. The van der Waals surface area contributed by atoms with Crippen LogP contribution in [0.25, 0.3) is 22.4 Å². The van der Waals surface area contributed by atoms with Crippen molar-refractivity contribution in [3.63, 3.8) is 0 Å². The van der Waals surface area contributed by atoms with Gasteiger partial charge in [-0.15, -0.1) is 0 Å². The summed E-state index contributed by atoms with van der Waals surface area (Å²) in [5.41, 5.74) is 5.59. The lowest BCUT2D eigenvalue weighted by molar-refractivity contribution is -0.131. The van der Waals surface area contributed by atoms with Crippen LogP contribution in [0.1, 0.15) is 40.4 Å². The van der Waals surface area contributed by atoms with Gasteiger partial charge in [0.15, 0.2) is 5.82 Å². The molecule has 0 aliphatic carbocycles. The number of benzene rings is 2. The van der Waals surface area contributed by atoms with Crippen molar-refractivity contribution in [2.24, 2.45) is 7.05 Å². The van der Waals surface area contributed by atoms with E-state index < -0.39 is 5.91 Å². The Hall–Kier alpha value is -4.49. The zero-order chi connectivity index (χ0) is 34.7. The van der Waals surface area contributed by atoms with Gasteiger partial charge in [0.25, 0.3) is 5.91 Å². The maximum absolute atomic E-state index is 13.5. The second kappa shape index (κ2) is 15.0. The van der Waals surface area contributed by atoms with E-state index in [-0.39, 0.29) is 30.2 Å². The normalized spacial score (nSPS) is 15.6. The molecule has 0 radical (unpaired) electrons. The summed E-state index contributed by atoms with van der Waals surface area (Å²) < 4.78 is 7.48. The maximum Gasteiger partial charge on any atom is 0.291 e. The van der Waals surface area contributed by atoms with E-state index in [1.165, 1.54) is 0 Å². The van der Waals surface area contributed by atoms with Crippen molar-refractivity contribution < 1.29 is 19.1 Å². The van der Waals surface area contributed by atoms with Gasteiger partial charge in [-0.3, -0.25) is 19.4 Å². The number of anilines is 1. The number of hydrogen-bond acceptors (Lipinski definition) is 8. The second-order valence-corrected chi connectivity index (χ2v) is 12.8. The highest BCUT2D eigenvalue weighted by Gasteiger charge is 2.28. The number of halogens is 2. The Labute approximate surface area is 294 Å². The first-order valence-corrected chi connectivity index (χ1v) is 16.8. The predicted molar refractivity (Wildman–Crippen MR) is 189 cm³/mol. The van der Waals surface area contributed by atoms with Gasteiger partial charge in [0.2, 0.25) is 11.8 Å². The minimum Gasteiger partial charge on any atom is -0.496 e. The van der Waals surface area contributed by atoms with E-state index in [0.29, 0.717) is 83.0 Å². The monoisotopic (exact) mass is 704 g/mol. The molecule has 4 heterocycles. The number of methoxy groups -OCH3 is 1. The highest BCUT2D eigenvalue weighted by molar-refractivity contribution is 6.39. The van der Waals surface area contributed by atoms with Gasteiger partial charge < -0.3 is 35.5 Å². The zero-order valence-electron chi connectivity index (χ0n) is 27.5. The Morgan fingerprint density at radius 3 is 2.67 bits per heavy atom. The van der Waals surface area contributed by atoms with E-state index in [4.69, 9.17) is 27.9 Å². The zero-order valence-corrected chi connectivity index (χ0v) is 29.0. The average molecular weight is 706 g/mol. The molecule has 2 aliphatic rings. The molecule has 49 heavy (non-hydrogen) atoms. The van der Waals surface area contributed by atoms with E-state index in [2.05, 4.69) is 31.2 Å². The van der Waals surface area contributed by atoms with Gasteiger partial charge in [-0.1, -0.05) is 47.5 Å². The third-order valence-electron chi connectivity index (χ3n) is 8.92. The number of ether oxygens (including phenoxy) is 1. The number of amides is 3. The number of nitrogens with one attached hydrogen (secondary N) is 4. The number of pyridine rings is 1. The molecular formula is C35H38Cl2N8O4. The molecule has 0 bridgehead atoms. The van der Waals surface area contributed by atoms with Gasteiger partial charge in [0.05, 0.1) is 47.3 Å². The quantitative estimate of drug-likeness (QED) is 0.182. The van der Waals surface area contributed by atoms with Crippen molar-refractivity contribution in [1.29, 1.82) is 0 Å². The Bertz CT molecular complexity index is 1910. The molecule has 1 atom stereocenters. The molecule has 14 heteroatoms. The summed E-state index contributed by atoms with van der Waals surface area (Å²) in [6.07, 6.45) is 3.66. The van der Waals surface area contributed by atoms with Crippen LogP contribution < -0.4 is 26.0 Å². The summed E-state index contributed by atoms with van der Waals surface area (Å²) in [6.45, 7) is 2.40. The molecule has 2 aliphatic heterocycles. The molecule has 4 aromatic rings. The number of rotatable bonds is 11. The van der Waals surface area contributed by atoms with E-state index in [1.54, 1.807) is 55.1 Å². The van der Waals surface area contributed by atoms with E-state index in [9.17, 15) is 14.4 Å². The number of fused-ring (bicyclic) bond motifs is 1. The molecule has 12 nitrogen and oxygen atoms in total. The number of carbonyl (C=O) groups excluding carboxylic acids is 3. The van der Waals surface area contributed by atoms with Gasteiger partial charge >= 0.3 is 0 Å². The smallest absolute Gasteiger partial charge is 0.291 e. The molecule has 6 rings (SSSR count). The Balaban J connectivity index is 1.20. The number of aromatic nitrogens is 3. The maximum atomic E-state index is 13.5. The van der Waals surface area contributed by atoms with Gasteiger partial charge in [-0.05, 0) is 31.7 Å². The molecule has 1 saturated heterocycles. The van der Waals surface area contributed by atoms with Crippen LogP contribution in [-0.2, 0) is 36.1 Å². The van der Waals surface area contributed by atoms with Crippen LogP contribution in [0.5, 0.6) is 5.75 Å². The minimum absolute atomic E-state index is 0.0111. The first kappa shape index (κ1) is 34.4. The average Bonchev–Trinajstić information content (AvgIpc) is 3.67. The fourth-order valence-electron chi connectivity index (χ4n) is 6.32. The second-order valence-electron chi connectivity index (χ2n) is 12.1. The summed E-state index contributed by atoms with van der Waals surface area (Å²) in [4.78, 5) is 48.3. The number of likely N-dealkylation sites (N-methyl/N-ethyl adjacent to an activating group) is 1. The highest BCUT2D eigenvalue weighted by atomic mass is 35.5. The van der Waals surface area contributed by atoms with E-state index in [0.717, 1.165) is 23.2 Å². The topological polar surface area (TPSA) is 143 Å². The Morgan fingerprint density at radius 1 is 1.10 bits per heavy atom. The Morgan fingerprint density at radius 2 is 1.92 bits per heavy atom. The molecule has 3 amide bonds. The van der Waals surface area contributed by atoms with Crippen LogP contribution in [0, 0.1) is 0 Å². The minimum atomic E-state index is -0.416. The first-order chi connectivity index (χ1) is 23.7. The third kappa shape index (κ3) is 7.28. The van der Waals surface area contributed by atoms with Crippen molar-refractivity contribution in [2.75, 3.05) is 39.1 Å². The van der Waals surface area contributed by atoms with Crippen LogP contribution in [0.3, 0.4) is 0 Å². The lowest BCUT2D eigenvalue weighted by Gasteiger charge is -2.26. The molecule has 0 saturated carbocycles. The molecule has 256 valence electrons. The van der Waals surface area contributed by atoms with Crippen LogP contribution >= 0.6 is 23.2 Å². The van der Waals surface area contributed by atoms with Crippen LogP contribution in [0.15, 0.2) is 48.7 Å². The first-order valence-electron chi connectivity index (χ1n) is 16.1.